The van der Waals surface area contributed by atoms with E-state index in [-0.39, 0.29) is 0 Å². The number of fused-ring (bicyclic) bond motifs is 2. The zero-order valence-electron chi connectivity index (χ0n) is 13.9. The van der Waals surface area contributed by atoms with Crippen LogP contribution in [0.15, 0.2) is 55.1 Å². The van der Waals surface area contributed by atoms with E-state index in [1.807, 2.05) is 31.5 Å². The summed E-state index contributed by atoms with van der Waals surface area (Å²) in [6, 6.07) is 10.1. The molecule has 1 aromatic carbocycles. The molecule has 26 heavy (non-hydrogen) atoms. The van der Waals surface area contributed by atoms with Crippen molar-refractivity contribution >= 4 is 44.2 Å². The van der Waals surface area contributed by atoms with Crippen LogP contribution in [0.5, 0.6) is 0 Å². The summed E-state index contributed by atoms with van der Waals surface area (Å²) in [5.74, 6) is 0.547. The van der Waals surface area contributed by atoms with Gasteiger partial charge < -0.3 is 10.3 Å². The molecule has 0 radical (unpaired) electrons. The van der Waals surface area contributed by atoms with Gasteiger partial charge >= 0.3 is 0 Å². The lowest BCUT2D eigenvalue weighted by molar-refractivity contribution is 1.19. The molecule has 0 fully saturated rings. The van der Waals surface area contributed by atoms with Crippen molar-refractivity contribution in [3.05, 3.63) is 60.1 Å². The first-order chi connectivity index (χ1) is 12.8. The van der Waals surface area contributed by atoms with Gasteiger partial charge in [-0.2, -0.15) is 4.98 Å². The van der Waals surface area contributed by atoms with Gasteiger partial charge in [-0.25, -0.2) is 9.97 Å². The third-order valence-electron chi connectivity index (χ3n) is 4.17. The monoisotopic (exact) mass is 358 g/mol. The highest BCUT2D eigenvalue weighted by Gasteiger charge is 2.11. The summed E-state index contributed by atoms with van der Waals surface area (Å²) in [5.41, 5.74) is 4.95. The molecule has 0 aliphatic heterocycles. The molecule has 0 saturated carbocycles. The molecule has 5 rings (SSSR count). The molecular formula is C19H14N6S. The van der Waals surface area contributed by atoms with Gasteiger partial charge in [-0.1, -0.05) is 6.07 Å². The van der Waals surface area contributed by atoms with Crippen molar-refractivity contribution in [1.29, 1.82) is 0 Å². The third-order valence-corrected chi connectivity index (χ3v) is 5.11. The summed E-state index contributed by atoms with van der Waals surface area (Å²) in [7, 11) is 0. The largest absolute Gasteiger partial charge is 0.345 e. The summed E-state index contributed by atoms with van der Waals surface area (Å²) in [4.78, 5) is 20.8. The number of anilines is 2. The summed E-state index contributed by atoms with van der Waals surface area (Å²) in [5, 5.41) is 5.25. The van der Waals surface area contributed by atoms with E-state index < -0.39 is 0 Å². The number of aromatic nitrogens is 5. The summed E-state index contributed by atoms with van der Waals surface area (Å²) < 4.78 is 1.19. The fraction of sp³-hybridized carbons (Fsp3) is 0.0526. The van der Waals surface area contributed by atoms with Crippen LogP contribution in [0.1, 0.15) is 5.01 Å². The van der Waals surface area contributed by atoms with Gasteiger partial charge in [-0.15, -0.1) is 11.3 Å². The molecule has 5 aromatic rings. The fourth-order valence-corrected chi connectivity index (χ4v) is 3.84. The molecule has 4 heterocycles. The van der Waals surface area contributed by atoms with Crippen LogP contribution in [0.3, 0.4) is 0 Å². The van der Waals surface area contributed by atoms with Gasteiger partial charge in [0.15, 0.2) is 0 Å². The number of aromatic amines is 1. The van der Waals surface area contributed by atoms with Gasteiger partial charge in [0.2, 0.25) is 5.95 Å². The zero-order valence-corrected chi connectivity index (χ0v) is 14.7. The summed E-state index contributed by atoms with van der Waals surface area (Å²) in [6.45, 7) is 2.03. The Balaban J connectivity index is 1.54. The topological polar surface area (TPSA) is 79.4 Å². The maximum absolute atomic E-state index is 4.58. The standard InChI is InChI=1S/C19H14N6S/c1-11-23-16-3-2-12(8-17(16)26-11)14-9-21-18-15(14)10-22-19(25-18)24-13-4-6-20-7-5-13/h2-10H,1H3,(H2,20,21,22,24,25). The predicted octanol–water partition coefficient (Wildman–Crippen LogP) is 4.68. The molecule has 6 nitrogen and oxygen atoms in total. The average Bonchev–Trinajstić information content (AvgIpc) is 3.23. The Bertz CT molecular complexity index is 1220. The first kappa shape index (κ1) is 15.0. The highest BCUT2D eigenvalue weighted by Crippen LogP contribution is 2.32. The van der Waals surface area contributed by atoms with Crippen LogP contribution < -0.4 is 5.32 Å². The number of nitrogens with one attached hydrogen (secondary N) is 2. The molecule has 2 N–H and O–H groups in total. The van der Waals surface area contributed by atoms with E-state index in [9.17, 15) is 0 Å². The SMILES string of the molecule is Cc1nc2ccc(-c3c[nH]c4nc(Nc5ccncc5)ncc34)cc2s1. The van der Waals surface area contributed by atoms with E-state index in [1.54, 1.807) is 23.7 Å². The number of rotatable bonds is 3. The fourth-order valence-electron chi connectivity index (χ4n) is 2.98. The smallest absolute Gasteiger partial charge is 0.229 e. The quantitative estimate of drug-likeness (QED) is 0.489. The van der Waals surface area contributed by atoms with Crippen LogP contribution in [0, 0.1) is 6.92 Å². The Morgan fingerprint density at radius 1 is 1.08 bits per heavy atom. The van der Waals surface area contributed by atoms with Crippen LogP contribution in [0.25, 0.3) is 32.4 Å². The second kappa shape index (κ2) is 5.89. The van der Waals surface area contributed by atoms with E-state index in [0.29, 0.717) is 5.95 Å². The van der Waals surface area contributed by atoms with E-state index in [0.717, 1.165) is 38.4 Å². The lowest BCUT2D eigenvalue weighted by Crippen LogP contribution is -1.96. The zero-order chi connectivity index (χ0) is 17.5. The van der Waals surface area contributed by atoms with E-state index in [2.05, 4.69) is 48.4 Å². The summed E-state index contributed by atoms with van der Waals surface area (Å²) >= 11 is 1.70. The van der Waals surface area contributed by atoms with Crippen molar-refractivity contribution in [2.75, 3.05) is 5.32 Å². The molecule has 126 valence electrons. The number of hydrogen-bond acceptors (Lipinski definition) is 6. The number of nitrogens with zero attached hydrogens (tertiary/aromatic N) is 4. The van der Waals surface area contributed by atoms with Crippen molar-refractivity contribution in [3.63, 3.8) is 0 Å². The Morgan fingerprint density at radius 2 is 1.96 bits per heavy atom. The number of pyridine rings is 1. The highest BCUT2D eigenvalue weighted by molar-refractivity contribution is 7.18. The summed E-state index contributed by atoms with van der Waals surface area (Å²) in [6.07, 6.45) is 7.28. The van der Waals surface area contributed by atoms with Crippen molar-refractivity contribution in [1.82, 2.24) is 24.9 Å². The van der Waals surface area contributed by atoms with Crippen molar-refractivity contribution in [3.8, 4) is 11.1 Å². The van der Waals surface area contributed by atoms with Crippen LogP contribution in [0.4, 0.5) is 11.6 Å². The van der Waals surface area contributed by atoms with Crippen LogP contribution in [0.2, 0.25) is 0 Å². The minimum absolute atomic E-state index is 0.547. The third kappa shape index (κ3) is 2.58. The van der Waals surface area contributed by atoms with Crippen LogP contribution in [-0.4, -0.2) is 24.9 Å². The van der Waals surface area contributed by atoms with E-state index >= 15 is 0 Å². The average molecular weight is 358 g/mol. The van der Waals surface area contributed by atoms with Crippen molar-refractivity contribution < 1.29 is 0 Å². The number of hydrogen-bond donors (Lipinski definition) is 2. The molecule has 0 atom stereocenters. The number of H-pyrrole nitrogens is 1. The molecule has 0 spiro atoms. The molecule has 0 saturated heterocycles. The lowest BCUT2D eigenvalue weighted by Gasteiger charge is -2.04. The molecule has 0 amide bonds. The second-order valence-corrected chi connectivity index (χ2v) is 7.17. The molecule has 7 heteroatoms. The number of aryl methyl sites for hydroxylation is 1. The van der Waals surface area contributed by atoms with Gasteiger partial charge in [-0.3, -0.25) is 4.98 Å². The van der Waals surface area contributed by atoms with Crippen LogP contribution in [-0.2, 0) is 0 Å². The maximum atomic E-state index is 4.58. The minimum Gasteiger partial charge on any atom is -0.345 e. The van der Waals surface area contributed by atoms with Crippen LogP contribution >= 0.6 is 11.3 Å². The molecule has 0 bridgehead atoms. The molecular weight excluding hydrogens is 344 g/mol. The first-order valence-corrected chi connectivity index (χ1v) is 8.97. The van der Waals surface area contributed by atoms with Gasteiger partial charge in [-0.05, 0) is 36.8 Å². The molecule has 0 aliphatic carbocycles. The Labute approximate surface area is 153 Å². The maximum Gasteiger partial charge on any atom is 0.229 e. The van der Waals surface area contributed by atoms with E-state index in [1.165, 1.54) is 4.70 Å². The Morgan fingerprint density at radius 3 is 2.85 bits per heavy atom. The van der Waals surface area contributed by atoms with Gasteiger partial charge in [0.05, 0.1) is 15.2 Å². The predicted molar refractivity (Wildman–Crippen MR) is 105 cm³/mol. The molecule has 0 aliphatic rings. The van der Waals surface area contributed by atoms with Gasteiger partial charge in [0.1, 0.15) is 5.65 Å². The van der Waals surface area contributed by atoms with Gasteiger partial charge in [0, 0.05) is 41.4 Å². The number of benzene rings is 1. The van der Waals surface area contributed by atoms with Crippen molar-refractivity contribution in [2.24, 2.45) is 0 Å². The second-order valence-electron chi connectivity index (χ2n) is 5.93. The highest BCUT2D eigenvalue weighted by atomic mass is 32.1. The number of thiazole rings is 1. The first-order valence-electron chi connectivity index (χ1n) is 8.15. The minimum atomic E-state index is 0.547. The van der Waals surface area contributed by atoms with E-state index in [4.69, 9.17) is 0 Å². The lowest BCUT2D eigenvalue weighted by atomic mass is 10.1. The Kier molecular flexibility index (Phi) is 3.39. The normalized spacial score (nSPS) is 11.3. The molecule has 4 aromatic heterocycles. The van der Waals surface area contributed by atoms with Crippen molar-refractivity contribution in [2.45, 2.75) is 6.92 Å². The molecule has 0 unspecified atom stereocenters. The Hall–Kier alpha value is -3.32. The van der Waals surface area contributed by atoms with Gasteiger partial charge in [0.25, 0.3) is 0 Å².